The molecule has 0 heterocycles. The van der Waals surface area contributed by atoms with Gasteiger partial charge in [-0.25, -0.2) is 9.59 Å². The lowest BCUT2D eigenvalue weighted by Gasteiger charge is -2.09. The van der Waals surface area contributed by atoms with Crippen molar-refractivity contribution in [1.29, 1.82) is 0 Å². The van der Waals surface area contributed by atoms with Crippen molar-refractivity contribution >= 4 is 34.8 Å². The van der Waals surface area contributed by atoms with E-state index in [1.54, 1.807) is 19.1 Å². The fourth-order valence-electron chi connectivity index (χ4n) is 1.15. The average Bonchev–Trinajstić information content (AvgIpc) is 2.29. The second kappa shape index (κ2) is 5.95. The number of hydrogen-bond acceptors (Lipinski definition) is 4. The largest absolute Gasteiger partial charge is 0.478 e. The number of nitrogens with one attached hydrogen (secondary N) is 1. The molecule has 1 rings (SSSR count). The van der Waals surface area contributed by atoms with Gasteiger partial charge in [-0.2, -0.15) is 0 Å². The Morgan fingerprint density at radius 3 is 2.65 bits per heavy atom. The van der Waals surface area contributed by atoms with Crippen LogP contribution in [0.15, 0.2) is 24.3 Å². The van der Waals surface area contributed by atoms with Crippen LogP contribution >= 0.6 is 12.2 Å². The minimum Gasteiger partial charge on any atom is -0.478 e. The third-order valence-electron chi connectivity index (χ3n) is 1.87. The van der Waals surface area contributed by atoms with Crippen LogP contribution in [0.25, 0.3) is 0 Å². The summed E-state index contributed by atoms with van der Waals surface area (Å²) in [6, 6.07) is 6.16. The van der Waals surface area contributed by atoms with Gasteiger partial charge in [0.2, 0.25) is 0 Å². The van der Waals surface area contributed by atoms with Crippen molar-refractivity contribution < 1.29 is 19.4 Å². The molecular weight excluding hydrogens is 242 g/mol. The third-order valence-corrected chi connectivity index (χ3v) is 2.14. The number of carboxylic acids is 1. The van der Waals surface area contributed by atoms with Gasteiger partial charge in [-0.15, -0.1) is 0 Å². The zero-order chi connectivity index (χ0) is 12.8. The number of anilines is 1. The molecule has 17 heavy (non-hydrogen) atoms. The maximum Gasteiger partial charge on any atom is 0.366 e. The van der Waals surface area contributed by atoms with Gasteiger partial charge in [-0.05, 0) is 19.1 Å². The second-order valence-electron chi connectivity index (χ2n) is 3.03. The standard InChI is InChI=1S/C11H11NO4S/c1-2-16-11(15)9(17)12-8-6-4-3-5-7(8)10(13)14/h3-6H,2H2,1H3,(H,12,17)(H,13,14). The van der Waals surface area contributed by atoms with E-state index in [0.717, 1.165) is 0 Å². The summed E-state index contributed by atoms with van der Waals surface area (Å²) in [5.41, 5.74) is 0.303. The number of rotatable bonds is 3. The van der Waals surface area contributed by atoms with Crippen molar-refractivity contribution in [2.24, 2.45) is 0 Å². The van der Waals surface area contributed by atoms with Crippen LogP contribution in [0.3, 0.4) is 0 Å². The first kappa shape index (κ1) is 13.1. The zero-order valence-corrected chi connectivity index (χ0v) is 9.91. The van der Waals surface area contributed by atoms with Crippen LogP contribution in [0.4, 0.5) is 5.69 Å². The Morgan fingerprint density at radius 2 is 2.06 bits per heavy atom. The number of carboxylic acid groups (broad SMARTS) is 1. The molecule has 0 atom stereocenters. The highest BCUT2D eigenvalue weighted by atomic mass is 32.1. The molecule has 0 aromatic heterocycles. The number of hydrogen-bond donors (Lipinski definition) is 2. The number of esters is 1. The number of aromatic carboxylic acids is 1. The monoisotopic (exact) mass is 253 g/mol. The summed E-state index contributed by atoms with van der Waals surface area (Å²) in [7, 11) is 0. The van der Waals surface area contributed by atoms with Crippen LogP contribution in [0.5, 0.6) is 0 Å². The Kier molecular flexibility index (Phi) is 4.59. The van der Waals surface area contributed by atoms with E-state index in [1.807, 2.05) is 0 Å². The van der Waals surface area contributed by atoms with E-state index in [1.165, 1.54) is 12.1 Å². The Bertz CT molecular complexity index is 459. The minimum atomic E-state index is -1.10. The fourth-order valence-corrected chi connectivity index (χ4v) is 1.32. The summed E-state index contributed by atoms with van der Waals surface area (Å²) in [6.45, 7) is 1.87. The molecule has 0 unspecified atom stereocenters. The van der Waals surface area contributed by atoms with E-state index >= 15 is 0 Å². The highest BCUT2D eigenvalue weighted by Crippen LogP contribution is 2.15. The van der Waals surface area contributed by atoms with Gasteiger partial charge >= 0.3 is 11.9 Å². The average molecular weight is 253 g/mol. The normalized spacial score (nSPS) is 9.47. The Morgan fingerprint density at radius 1 is 1.41 bits per heavy atom. The molecule has 0 saturated heterocycles. The van der Waals surface area contributed by atoms with Gasteiger partial charge in [-0.1, -0.05) is 24.4 Å². The summed E-state index contributed by atoms with van der Waals surface area (Å²) in [5, 5.41) is 11.5. The topological polar surface area (TPSA) is 75.6 Å². The predicted octanol–water partition coefficient (Wildman–Crippen LogP) is 1.69. The van der Waals surface area contributed by atoms with E-state index in [4.69, 9.17) is 17.3 Å². The van der Waals surface area contributed by atoms with Crippen LogP contribution in [-0.4, -0.2) is 28.6 Å². The highest BCUT2D eigenvalue weighted by molar-refractivity contribution is 7.82. The van der Waals surface area contributed by atoms with Crippen molar-refractivity contribution in [2.45, 2.75) is 6.92 Å². The maximum atomic E-state index is 11.3. The Labute approximate surface area is 103 Å². The van der Waals surface area contributed by atoms with E-state index < -0.39 is 11.9 Å². The molecule has 6 heteroatoms. The van der Waals surface area contributed by atoms with Gasteiger partial charge in [-0.3, -0.25) is 0 Å². The Hall–Kier alpha value is -1.95. The van der Waals surface area contributed by atoms with Gasteiger partial charge in [0.25, 0.3) is 0 Å². The molecule has 0 bridgehead atoms. The first-order chi connectivity index (χ1) is 8.06. The number of para-hydroxylation sites is 1. The molecule has 5 nitrogen and oxygen atoms in total. The van der Waals surface area contributed by atoms with E-state index in [9.17, 15) is 9.59 Å². The first-order valence-electron chi connectivity index (χ1n) is 4.86. The number of carbonyl (C=O) groups is 2. The van der Waals surface area contributed by atoms with Gasteiger partial charge in [0.1, 0.15) is 0 Å². The summed E-state index contributed by atoms with van der Waals surface area (Å²) in [5.74, 6) is -1.78. The third kappa shape index (κ3) is 3.53. The van der Waals surface area contributed by atoms with Crippen LogP contribution in [0.2, 0.25) is 0 Å². The molecular formula is C11H11NO4S. The van der Waals surface area contributed by atoms with Gasteiger partial charge < -0.3 is 15.2 Å². The molecule has 2 N–H and O–H groups in total. The lowest BCUT2D eigenvalue weighted by molar-refractivity contribution is -0.134. The molecule has 0 aliphatic rings. The van der Waals surface area contributed by atoms with Crippen LogP contribution in [0, 0.1) is 0 Å². The van der Waals surface area contributed by atoms with Crippen molar-refractivity contribution in [1.82, 2.24) is 0 Å². The maximum absolute atomic E-state index is 11.3. The van der Waals surface area contributed by atoms with Gasteiger partial charge in [0.05, 0.1) is 17.9 Å². The molecule has 0 fully saturated rings. The summed E-state index contributed by atoms with van der Waals surface area (Å²) >= 11 is 4.79. The first-order valence-corrected chi connectivity index (χ1v) is 5.27. The summed E-state index contributed by atoms with van der Waals surface area (Å²) in [6.07, 6.45) is 0. The molecule has 0 spiro atoms. The quantitative estimate of drug-likeness (QED) is 0.630. The minimum absolute atomic E-state index is 0.0409. The van der Waals surface area contributed by atoms with Crippen LogP contribution < -0.4 is 5.32 Å². The zero-order valence-electron chi connectivity index (χ0n) is 9.10. The predicted molar refractivity (Wildman–Crippen MR) is 66.3 cm³/mol. The van der Waals surface area contributed by atoms with Crippen molar-refractivity contribution in [3.8, 4) is 0 Å². The van der Waals surface area contributed by atoms with Crippen molar-refractivity contribution in [3.05, 3.63) is 29.8 Å². The molecule has 1 aromatic carbocycles. The van der Waals surface area contributed by atoms with Gasteiger partial charge in [0, 0.05) is 0 Å². The molecule has 0 aliphatic carbocycles. The van der Waals surface area contributed by atoms with E-state index in [2.05, 4.69) is 10.1 Å². The Balaban J connectivity index is 2.85. The molecule has 0 saturated carbocycles. The van der Waals surface area contributed by atoms with E-state index in [-0.39, 0.29) is 22.8 Å². The fraction of sp³-hybridized carbons (Fsp3) is 0.182. The lowest BCUT2D eigenvalue weighted by Crippen LogP contribution is -2.24. The molecule has 90 valence electrons. The number of thiocarbonyl (C=S) groups is 1. The van der Waals surface area contributed by atoms with E-state index in [0.29, 0.717) is 0 Å². The summed E-state index contributed by atoms with van der Waals surface area (Å²) < 4.78 is 4.69. The van der Waals surface area contributed by atoms with Crippen LogP contribution in [0.1, 0.15) is 17.3 Å². The molecule has 1 aromatic rings. The number of benzene rings is 1. The molecule has 0 radical (unpaired) electrons. The van der Waals surface area contributed by atoms with Crippen molar-refractivity contribution in [2.75, 3.05) is 11.9 Å². The molecule has 0 aliphatic heterocycles. The molecule has 0 amide bonds. The SMILES string of the molecule is CCOC(=O)C(=S)Nc1ccccc1C(=O)O. The number of carbonyl (C=O) groups excluding carboxylic acids is 1. The number of ether oxygens (including phenoxy) is 1. The summed E-state index contributed by atoms with van der Waals surface area (Å²) in [4.78, 5) is 22.0. The second-order valence-corrected chi connectivity index (χ2v) is 3.43. The van der Waals surface area contributed by atoms with Gasteiger partial charge in [0.15, 0.2) is 4.99 Å². The highest BCUT2D eigenvalue weighted by Gasteiger charge is 2.14. The van der Waals surface area contributed by atoms with Crippen molar-refractivity contribution in [3.63, 3.8) is 0 Å². The van der Waals surface area contributed by atoms with Crippen LogP contribution in [-0.2, 0) is 9.53 Å². The lowest BCUT2D eigenvalue weighted by atomic mass is 10.2. The smallest absolute Gasteiger partial charge is 0.366 e.